The van der Waals surface area contributed by atoms with Gasteiger partial charge in [0.2, 0.25) is 0 Å². The van der Waals surface area contributed by atoms with Crippen LogP contribution in [-0.4, -0.2) is 47.1 Å². The van der Waals surface area contributed by atoms with E-state index in [9.17, 15) is 0 Å². The summed E-state index contributed by atoms with van der Waals surface area (Å²) in [7, 11) is 0. The molecule has 0 aromatic carbocycles. The van der Waals surface area contributed by atoms with E-state index in [1.165, 1.54) is 51.9 Å². The molecule has 1 aliphatic rings. The average molecular weight is 367 g/mol. The van der Waals surface area contributed by atoms with Gasteiger partial charge in [-0.05, 0) is 70.1 Å². The zero-order valence-electron chi connectivity index (χ0n) is 20.1. The number of piperazine rings is 1. The molecule has 0 radical (unpaired) electrons. The number of nitrogens with zero attached hydrogens (tertiary/aromatic N) is 2. The standard InChI is InChI=1S/C24H50N2/c1-20(2)22(6,7)13-15-24(10,11)26-18-16-25(17-19-26)23(8,9)14-12-21(3,4)5/h20H,12-19H2,1-11H3. The van der Waals surface area contributed by atoms with E-state index in [2.05, 4.69) is 86.0 Å². The van der Waals surface area contributed by atoms with Crippen LogP contribution in [-0.2, 0) is 0 Å². The van der Waals surface area contributed by atoms with Crippen LogP contribution in [0.4, 0.5) is 0 Å². The van der Waals surface area contributed by atoms with Crippen molar-refractivity contribution in [1.29, 1.82) is 0 Å². The van der Waals surface area contributed by atoms with Gasteiger partial charge in [-0.2, -0.15) is 0 Å². The van der Waals surface area contributed by atoms with E-state index in [-0.39, 0.29) is 0 Å². The van der Waals surface area contributed by atoms with Gasteiger partial charge in [-0.1, -0.05) is 48.5 Å². The Bertz CT molecular complexity index is 418. The molecule has 0 aromatic rings. The second-order valence-electron chi connectivity index (χ2n) is 12.3. The summed E-state index contributed by atoms with van der Waals surface area (Å²) in [5, 5.41) is 0. The Kier molecular flexibility index (Phi) is 7.85. The molecule has 0 bridgehead atoms. The first-order valence-corrected chi connectivity index (χ1v) is 11.1. The maximum absolute atomic E-state index is 2.75. The molecule has 0 spiro atoms. The quantitative estimate of drug-likeness (QED) is 0.487. The number of hydrogen-bond acceptors (Lipinski definition) is 2. The third-order valence-electron chi connectivity index (χ3n) is 7.42. The van der Waals surface area contributed by atoms with Gasteiger partial charge in [-0.25, -0.2) is 0 Å². The normalized spacial score (nSPS) is 19.4. The predicted molar refractivity (Wildman–Crippen MR) is 118 cm³/mol. The van der Waals surface area contributed by atoms with Crippen LogP contribution in [0, 0.1) is 16.7 Å². The Hall–Kier alpha value is -0.0800. The van der Waals surface area contributed by atoms with Crippen molar-refractivity contribution < 1.29 is 0 Å². The predicted octanol–water partition coefficient (Wildman–Crippen LogP) is 6.45. The summed E-state index contributed by atoms with van der Waals surface area (Å²) >= 11 is 0. The van der Waals surface area contributed by atoms with Gasteiger partial charge >= 0.3 is 0 Å². The fraction of sp³-hybridized carbons (Fsp3) is 1.00. The first kappa shape index (κ1) is 24.0. The monoisotopic (exact) mass is 366 g/mol. The van der Waals surface area contributed by atoms with Crippen LogP contribution >= 0.6 is 0 Å². The maximum atomic E-state index is 2.75. The molecule has 0 N–H and O–H groups in total. The van der Waals surface area contributed by atoms with Crippen molar-refractivity contribution in [2.75, 3.05) is 26.2 Å². The summed E-state index contributed by atoms with van der Waals surface area (Å²) in [6.45, 7) is 31.4. The highest BCUT2D eigenvalue weighted by atomic mass is 15.3. The van der Waals surface area contributed by atoms with Crippen molar-refractivity contribution in [1.82, 2.24) is 9.80 Å². The molecule has 26 heavy (non-hydrogen) atoms. The van der Waals surface area contributed by atoms with Crippen molar-refractivity contribution in [3.05, 3.63) is 0 Å². The molecule has 156 valence electrons. The molecule has 0 unspecified atom stereocenters. The second-order valence-corrected chi connectivity index (χ2v) is 12.3. The minimum Gasteiger partial charge on any atom is -0.296 e. The van der Waals surface area contributed by atoms with Crippen LogP contribution in [0.2, 0.25) is 0 Å². The third-order valence-corrected chi connectivity index (χ3v) is 7.42. The highest BCUT2D eigenvalue weighted by Gasteiger charge is 2.36. The molecule has 0 atom stereocenters. The number of rotatable bonds is 8. The average Bonchev–Trinajstić information content (AvgIpc) is 2.51. The molecule has 1 rings (SSSR count). The van der Waals surface area contributed by atoms with Crippen molar-refractivity contribution in [3.8, 4) is 0 Å². The Labute approximate surface area is 166 Å². The Morgan fingerprint density at radius 1 is 0.577 bits per heavy atom. The first-order valence-electron chi connectivity index (χ1n) is 11.1. The van der Waals surface area contributed by atoms with Gasteiger partial charge in [0.1, 0.15) is 0 Å². The zero-order valence-corrected chi connectivity index (χ0v) is 20.1. The van der Waals surface area contributed by atoms with Crippen molar-refractivity contribution in [3.63, 3.8) is 0 Å². The molecule has 0 amide bonds. The van der Waals surface area contributed by atoms with Gasteiger partial charge in [0.05, 0.1) is 0 Å². The molecular weight excluding hydrogens is 316 g/mol. The molecule has 1 fully saturated rings. The van der Waals surface area contributed by atoms with E-state index in [4.69, 9.17) is 0 Å². The van der Waals surface area contributed by atoms with E-state index in [0.717, 1.165) is 5.92 Å². The molecule has 0 aromatic heterocycles. The molecule has 0 aliphatic carbocycles. The van der Waals surface area contributed by atoms with Gasteiger partial charge < -0.3 is 0 Å². The summed E-state index contributed by atoms with van der Waals surface area (Å²) in [6, 6.07) is 0. The minimum absolute atomic E-state index is 0.313. The van der Waals surface area contributed by atoms with Crippen LogP contribution in [0.5, 0.6) is 0 Å². The summed E-state index contributed by atoms with van der Waals surface area (Å²) < 4.78 is 0. The summed E-state index contributed by atoms with van der Waals surface area (Å²) in [4.78, 5) is 5.49. The molecule has 1 saturated heterocycles. The van der Waals surface area contributed by atoms with Crippen LogP contribution in [0.1, 0.15) is 102 Å². The first-order chi connectivity index (χ1) is 11.6. The molecule has 0 saturated carbocycles. The Morgan fingerprint density at radius 2 is 0.923 bits per heavy atom. The SMILES string of the molecule is CC(C)C(C)(C)CCC(C)(C)N1CCN(C(C)(C)CCC(C)(C)C)CC1. The van der Waals surface area contributed by atoms with Gasteiger partial charge in [0.25, 0.3) is 0 Å². The van der Waals surface area contributed by atoms with E-state index < -0.39 is 0 Å². The van der Waals surface area contributed by atoms with E-state index in [1.54, 1.807) is 0 Å². The highest BCUT2D eigenvalue weighted by molar-refractivity contribution is 4.92. The van der Waals surface area contributed by atoms with Crippen LogP contribution in [0.25, 0.3) is 0 Å². The Balaban J connectivity index is 2.56. The minimum atomic E-state index is 0.313. The van der Waals surface area contributed by atoms with Crippen molar-refractivity contribution in [2.45, 2.75) is 113 Å². The maximum Gasteiger partial charge on any atom is 0.0154 e. The lowest BCUT2D eigenvalue weighted by atomic mass is 9.75. The summed E-state index contributed by atoms with van der Waals surface area (Å²) in [5.74, 6) is 0.749. The lowest BCUT2D eigenvalue weighted by Gasteiger charge is -2.49. The van der Waals surface area contributed by atoms with Gasteiger partial charge in [0.15, 0.2) is 0 Å². The van der Waals surface area contributed by atoms with Crippen molar-refractivity contribution >= 4 is 0 Å². The summed E-state index contributed by atoms with van der Waals surface area (Å²) in [5.41, 5.74) is 1.51. The number of hydrogen-bond donors (Lipinski definition) is 0. The fourth-order valence-electron chi connectivity index (χ4n) is 3.83. The lowest BCUT2D eigenvalue weighted by molar-refractivity contribution is -0.00496. The molecule has 1 heterocycles. The zero-order chi connectivity index (χ0) is 20.4. The fourth-order valence-corrected chi connectivity index (χ4v) is 3.83. The van der Waals surface area contributed by atoms with Gasteiger partial charge in [0, 0.05) is 37.3 Å². The second kappa shape index (κ2) is 8.52. The van der Waals surface area contributed by atoms with Crippen LogP contribution in [0.3, 0.4) is 0 Å². The highest BCUT2D eigenvalue weighted by Crippen LogP contribution is 2.36. The largest absolute Gasteiger partial charge is 0.296 e. The van der Waals surface area contributed by atoms with Gasteiger partial charge in [-0.15, -0.1) is 0 Å². The van der Waals surface area contributed by atoms with E-state index in [1.807, 2.05) is 0 Å². The molecule has 1 aliphatic heterocycles. The molecule has 2 heteroatoms. The van der Waals surface area contributed by atoms with Gasteiger partial charge in [-0.3, -0.25) is 9.80 Å². The van der Waals surface area contributed by atoms with E-state index >= 15 is 0 Å². The third kappa shape index (κ3) is 7.15. The smallest absolute Gasteiger partial charge is 0.0154 e. The lowest BCUT2D eigenvalue weighted by Crippen LogP contribution is -2.59. The van der Waals surface area contributed by atoms with Crippen LogP contribution in [0.15, 0.2) is 0 Å². The topological polar surface area (TPSA) is 6.48 Å². The van der Waals surface area contributed by atoms with Crippen LogP contribution < -0.4 is 0 Å². The molecular formula is C24H50N2. The van der Waals surface area contributed by atoms with Crippen molar-refractivity contribution in [2.24, 2.45) is 16.7 Å². The summed E-state index contributed by atoms with van der Waals surface area (Å²) in [6.07, 6.45) is 5.21. The van der Waals surface area contributed by atoms with E-state index in [0.29, 0.717) is 21.9 Å². The Morgan fingerprint density at radius 3 is 1.23 bits per heavy atom. The molecule has 2 nitrogen and oxygen atoms in total.